The molecular weight excluding hydrogens is 208 g/mol. The molecule has 74 valence electrons. The summed E-state index contributed by atoms with van der Waals surface area (Å²) in [5.41, 5.74) is 3.17. The molecular formula is C11H15NP2. The largest absolute Gasteiger partial charge is 0.280 e. The van der Waals surface area contributed by atoms with Crippen LogP contribution >= 0.6 is 18.6 Å². The van der Waals surface area contributed by atoms with Gasteiger partial charge in [-0.3, -0.25) is 4.67 Å². The Bertz CT molecular complexity index is 378. The van der Waals surface area contributed by atoms with Crippen LogP contribution in [0.5, 0.6) is 0 Å². The van der Waals surface area contributed by atoms with Gasteiger partial charge in [0.25, 0.3) is 0 Å². The van der Waals surface area contributed by atoms with E-state index in [0.717, 1.165) is 5.92 Å². The Balaban J connectivity index is 2.13. The van der Waals surface area contributed by atoms with Crippen molar-refractivity contribution in [1.82, 2.24) is 4.67 Å². The van der Waals surface area contributed by atoms with Gasteiger partial charge in [0.15, 0.2) is 0 Å². The summed E-state index contributed by atoms with van der Waals surface area (Å²) in [7, 11) is 5.68. The van der Waals surface area contributed by atoms with Crippen LogP contribution in [0.3, 0.4) is 0 Å². The topological polar surface area (TPSA) is 3.24 Å². The van der Waals surface area contributed by atoms with Gasteiger partial charge in [-0.1, -0.05) is 21.5 Å². The Morgan fingerprint density at radius 1 is 1.29 bits per heavy atom. The van der Waals surface area contributed by atoms with Gasteiger partial charge in [0.1, 0.15) is 0 Å². The fourth-order valence-corrected chi connectivity index (χ4v) is 3.53. The van der Waals surface area contributed by atoms with Crippen LogP contribution in [0.4, 0.5) is 0 Å². The first-order valence-electron chi connectivity index (χ1n) is 5.16. The maximum Gasteiger partial charge on any atom is 0.0388 e. The van der Waals surface area contributed by atoms with Crippen LogP contribution in [0.15, 0.2) is 18.2 Å². The van der Waals surface area contributed by atoms with Gasteiger partial charge < -0.3 is 0 Å². The molecule has 0 N–H and O–H groups in total. The third-order valence-electron chi connectivity index (χ3n) is 3.55. The monoisotopic (exact) mass is 223 g/mol. The van der Waals surface area contributed by atoms with Crippen molar-refractivity contribution in [3.63, 3.8) is 0 Å². The standard InChI is InChI=1S/C11H15NP2/c13-8-1-2-9-7-3-4-12(14)11(5-7)10(9)6-8/h1-2,6-7,11H,3-5,13-14H2/t7-,11+/m0/s1. The molecule has 4 atom stereocenters. The highest BCUT2D eigenvalue weighted by Gasteiger charge is 2.36. The molecule has 1 heterocycles. The van der Waals surface area contributed by atoms with Crippen LogP contribution < -0.4 is 5.30 Å². The van der Waals surface area contributed by atoms with E-state index in [1.54, 1.807) is 11.1 Å². The molecule has 1 aliphatic carbocycles. The maximum atomic E-state index is 2.88. The molecule has 1 saturated heterocycles. The van der Waals surface area contributed by atoms with Gasteiger partial charge in [-0.15, -0.1) is 9.24 Å². The lowest BCUT2D eigenvalue weighted by atomic mass is 9.97. The zero-order chi connectivity index (χ0) is 9.71. The highest BCUT2D eigenvalue weighted by Crippen LogP contribution is 2.49. The summed E-state index contributed by atoms with van der Waals surface area (Å²) in [5, 5.41) is 1.31. The molecule has 1 aromatic carbocycles. The zero-order valence-corrected chi connectivity index (χ0v) is 10.4. The first-order chi connectivity index (χ1) is 6.75. The molecule has 2 aliphatic rings. The third-order valence-corrected chi connectivity index (χ3v) is 4.53. The number of nitrogens with zero attached hydrogens (tertiary/aromatic N) is 1. The Hall–Kier alpha value is 0.0400. The molecule has 0 saturated carbocycles. The van der Waals surface area contributed by atoms with Crippen LogP contribution in [0.2, 0.25) is 0 Å². The Morgan fingerprint density at radius 2 is 2.14 bits per heavy atom. The summed E-state index contributed by atoms with van der Waals surface area (Å²) in [5.74, 6) is 0.831. The van der Waals surface area contributed by atoms with E-state index in [0.29, 0.717) is 6.04 Å². The van der Waals surface area contributed by atoms with Gasteiger partial charge in [0, 0.05) is 12.6 Å². The van der Waals surface area contributed by atoms with Crippen LogP contribution in [0.25, 0.3) is 0 Å². The van der Waals surface area contributed by atoms with Gasteiger partial charge in [0.05, 0.1) is 0 Å². The normalized spacial score (nSPS) is 30.4. The highest BCUT2D eigenvalue weighted by atomic mass is 31.0. The molecule has 14 heavy (non-hydrogen) atoms. The molecule has 1 nitrogen and oxygen atoms in total. The van der Waals surface area contributed by atoms with Crippen LogP contribution in [0.1, 0.15) is 35.9 Å². The molecule has 0 radical (unpaired) electrons. The van der Waals surface area contributed by atoms with Gasteiger partial charge in [-0.2, -0.15) is 0 Å². The molecule has 1 aromatic rings. The van der Waals surface area contributed by atoms with Crippen molar-refractivity contribution >= 4 is 23.9 Å². The summed E-state index contributed by atoms with van der Waals surface area (Å²) < 4.78 is 2.42. The smallest absolute Gasteiger partial charge is 0.0388 e. The van der Waals surface area contributed by atoms with Gasteiger partial charge in [-0.05, 0) is 41.3 Å². The molecule has 2 unspecified atom stereocenters. The molecule has 2 bridgehead atoms. The minimum absolute atomic E-state index is 0.661. The summed E-state index contributed by atoms with van der Waals surface area (Å²) >= 11 is 0. The number of piperidine rings is 1. The number of fused-ring (bicyclic) bond motifs is 5. The minimum atomic E-state index is 0.661. The Morgan fingerprint density at radius 3 is 3.00 bits per heavy atom. The molecule has 0 spiro atoms. The fourth-order valence-electron chi connectivity index (χ4n) is 2.83. The van der Waals surface area contributed by atoms with Gasteiger partial charge >= 0.3 is 0 Å². The van der Waals surface area contributed by atoms with Crippen molar-refractivity contribution in [2.24, 2.45) is 0 Å². The second-order valence-electron chi connectivity index (χ2n) is 4.36. The van der Waals surface area contributed by atoms with Crippen molar-refractivity contribution < 1.29 is 0 Å². The SMILES string of the molecule is Pc1ccc2c(c1)[C@H]1C[C@@H]2CCN1P. The van der Waals surface area contributed by atoms with Crippen LogP contribution in [0, 0.1) is 0 Å². The zero-order valence-electron chi connectivity index (χ0n) is 8.11. The van der Waals surface area contributed by atoms with Crippen LogP contribution in [-0.4, -0.2) is 11.2 Å². The van der Waals surface area contributed by atoms with E-state index >= 15 is 0 Å². The first-order valence-corrected chi connectivity index (χ1v) is 6.26. The van der Waals surface area contributed by atoms with Crippen molar-refractivity contribution in [3.05, 3.63) is 29.3 Å². The number of benzene rings is 1. The fraction of sp³-hybridized carbons (Fsp3) is 0.455. The van der Waals surface area contributed by atoms with Gasteiger partial charge in [-0.25, -0.2) is 0 Å². The average molecular weight is 223 g/mol. The molecule has 0 aromatic heterocycles. The van der Waals surface area contributed by atoms with E-state index in [4.69, 9.17) is 0 Å². The predicted octanol–water partition coefficient (Wildman–Crippen LogP) is 2.21. The number of rotatable bonds is 0. The van der Waals surface area contributed by atoms with E-state index < -0.39 is 0 Å². The number of hydrogen-bond acceptors (Lipinski definition) is 1. The van der Waals surface area contributed by atoms with Crippen molar-refractivity contribution in [2.45, 2.75) is 24.8 Å². The lowest BCUT2D eigenvalue weighted by molar-refractivity contribution is 0.281. The minimum Gasteiger partial charge on any atom is -0.280 e. The van der Waals surface area contributed by atoms with E-state index in [9.17, 15) is 0 Å². The molecule has 0 amide bonds. The quantitative estimate of drug-likeness (QED) is 0.609. The Labute approximate surface area is 89.7 Å². The summed E-state index contributed by atoms with van der Waals surface area (Å²) in [6, 6.07) is 7.55. The van der Waals surface area contributed by atoms with Crippen molar-refractivity contribution in [3.8, 4) is 0 Å². The molecule has 3 heteroatoms. The summed E-state index contributed by atoms with van der Waals surface area (Å²) in [6.45, 7) is 1.22. The van der Waals surface area contributed by atoms with E-state index in [1.165, 1.54) is 24.7 Å². The number of hydrogen-bond donors (Lipinski definition) is 0. The first kappa shape index (κ1) is 9.28. The van der Waals surface area contributed by atoms with Crippen LogP contribution in [-0.2, 0) is 0 Å². The van der Waals surface area contributed by atoms with Crippen molar-refractivity contribution in [1.29, 1.82) is 0 Å². The molecule has 3 rings (SSSR count). The maximum absolute atomic E-state index is 2.88. The molecule has 1 aliphatic heterocycles. The molecule has 1 fully saturated rings. The van der Waals surface area contributed by atoms with E-state index in [-0.39, 0.29) is 0 Å². The lowest BCUT2D eigenvalue weighted by Crippen LogP contribution is -2.23. The lowest BCUT2D eigenvalue weighted by Gasteiger charge is -2.29. The second-order valence-corrected chi connectivity index (χ2v) is 5.69. The van der Waals surface area contributed by atoms with Crippen molar-refractivity contribution in [2.75, 3.05) is 6.54 Å². The average Bonchev–Trinajstić information content (AvgIpc) is 2.47. The predicted molar refractivity (Wildman–Crippen MR) is 66.9 cm³/mol. The third kappa shape index (κ3) is 1.27. The second kappa shape index (κ2) is 3.27. The Kier molecular flexibility index (Phi) is 2.17. The summed E-state index contributed by atoms with van der Waals surface area (Å²) in [4.78, 5) is 0. The highest BCUT2D eigenvalue weighted by molar-refractivity contribution is 7.27. The van der Waals surface area contributed by atoms with E-state index in [2.05, 4.69) is 41.5 Å². The van der Waals surface area contributed by atoms with E-state index in [1.807, 2.05) is 0 Å². The summed E-state index contributed by atoms with van der Waals surface area (Å²) in [6.07, 6.45) is 2.65. The van der Waals surface area contributed by atoms with Gasteiger partial charge in [0.2, 0.25) is 0 Å².